The molecule has 0 aromatic heterocycles. The number of carbonyl (C=O) groups excluding carboxylic acids is 3. The zero-order valence-corrected chi connectivity index (χ0v) is 58.3. The van der Waals surface area contributed by atoms with Gasteiger partial charge in [-0.2, -0.15) is 0 Å². The second-order valence-electron chi connectivity index (χ2n) is 27.5. The number of nitrogens with one attached hydrogen (secondary N) is 3. The molecule has 25 N–H and O–H groups in total. The fourth-order valence-electron chi connectivity index (χ4n) is 13.4. The molecule has 8 rings (SSSR count). The average Bonchev–Trinajstić information content (AvgIpc) is 0.792. The fourth-order valence-corrected chi connectivity index (χ4v) is 13.4. The number of unbranched alkanes of at least 4 members (excludes halogenated alkanes) is 1. The number of Topliss-reactive ketones (excluding diaryl/α,β-unsaturated/α-hetero) is 1. The molecular weight excluding hydrogens is 1400 g/mol. The predicted molar refractivity (Wildman–Crippen MR) is 345 cm³/mol. The molecule has 8 fully saturated rings. The van der Waals surface area contributed by atoms with Crippen molar-refractivity contribution in [3.63, 3.8) is 0 Å². The third-order valence-corrected chi connectivity index (χ3v) is 20.0. The lowest BCUT2D eigenvalue weighted by Gasteiger charge is -2.46. The molecule has 0 spiro atoms. The van der Waals surface area contributed by atoms with Crippen LogP contribution < -0.4 is 21.9 Å². The van der Waals surface area contributed by atoms with Crippen molar-refractivity contribution < 1.29 is 173 Å². The predicted octanol–water partition coefficient (Wildman–Crippen LogP) is -13.0. The number of nitrogens with two attached hydrogens (primary N) is 1. The van der Waals surface area contributed by atoms with Crippen LogP contribution in [0.5, 0.6) is 0 Å². The number of aliphatic hydroxyl groups is 20. The lowest BCUT2D eigenvalue weighted by Crippen LogP contribution is -2.65. The molecular formula is C63H114N6O35. The van der Waals surface area contributed by atoms with E-state index >= 15 is 0 Å². The number of nitrogens with zero attached hydrogens (tertiary/aromatic N) is 2. The van der Waals surface area contributed by atoms with Crippen LogP contribution in [0.25, 0.3) is 0 Å². The molecule has 8 aliphatic heterocycles. The van der Waals surface area contributed by atoms with Crippen molar-refractivity contribution >= 4 is 17.6 Å². The number of amides is 2. The second-order valence-corrected chi connectivity index (χ2v) is 27.5. The summed E-state index contributed by atoms with van der Waals surface area (Å²) in [6.45, 7) is 3.99. The average molecular weight is 1520 g/mol. The Kier molecular flexibility index (Phi) is 36.6. The molecule has 0 aromatic carbocycles. The van der Waals surface area contributed by atoms with Crippen molar-refractivity contribution in [1.82, 2.24) is 26.0 Å². The van der Waals surface area contributed by atoms with E-state index in [2.05, 4.69) is 26.0 Å². The van der Waals surface area contributed by atoms with E-state index in [1.807, 2.05) is 6.92 Å². The number of hydrogen-bond donors (Lipinski definition) is 24. The minimum Gasteiger partial charge on any atom is -0.394 e. The van der Waals surface area contributed by atoms with Crippen LogP contribution >= 0.6 is 0 Å². The summed E-state index contributed by atoms with van der Waals surface area (Å²) in [5, 5.41) is 209. The molecule has 0 aliphatic carbocycles. The normalized spacial score (nSPS) is 41.1. The Morgan fingerprint density at radius 1 is 0.433 bits per heavy atom. The molecule has 31 atom stereocenters. The Morgan fingerprint density at radius 2 is 0.769 bits per heavy atom. The first-order chi connectivity index (χ1) is 49.6. The first kappa shape index (κ1) is 88.4. The number of hydrogen-bond acceptors (Lipinski definition) is 39. The molecule has 0 aromatic rings. The Bertz CT molecular complexity index is 2480. The summed E-state index contributed by atoms with van der Waals surface area (Å²) in [7, 11) is 0. The summed E-state index contributed by atoms with van der Waals surface area (Å²) in [4.78, 5) is 40.7. The number of aliphatic hydroxyl groups excluding tert-OH is 20. The number of ketones is 1. The van der Waals surface area contributed by atoms with E-state index in [4.69, 9.17) is 62.6 Å². The molecule has 0 bridgehead atoms. The highest BCUT2D eigenvalue weighted by molar-refractivity contribution is 5.82. The smallest absolute Gasteiger partial charge is 0.234 e. The van der Waals surface area contributed by atoms with E-state index in [9.17, 15) is 117 Å². The standard InChI is InChI=1S/C34H62N4O18.C29H52N2O17/c1-16(41)18(4-2-3-7-35)36-37-22(42)12-17-5-8-38(9-6-17)10-11-51-33-30(50)31(56-34-29(49)27(47)24(44)20(14-40)54-34)25(45)21(55-33)15-52-32-28(48)26(46)23(43)19(13-39)53-32;1-2-30-17(34)9-13-3-5-31(6-4-13)7-8-43-28-25(42)26(48-29-24(41)22(39)19(36)15(11-33)46-29)20(37)16(47-28)12-44-27-23(40)21(38)18(35)14(10-32)45-27/h17-21,23-34,36,39-40,43-50H,2-15,35H2,1H3,(H,37,42);13-16,18-29,32-33,35-42H,2-12H2,1H3,(H,30,34)/t18-,19+,20+,21+,23+,24+,25+,26-,27-,28-,29-,30-,31-,32-,33+,34+;14-,15-,16-,18-,19-,20-,21+,22+,23+,24+,25+,26+,27+,28-,29-/m01/s1. The van der Waals surface area contributed by atoms with Crippen molar-refractivity contribution in [3.8, 4) is 0 Å². The van der Waals surface area contributed by atoms with Crippen molar-refractivity contribution in [1.29, 1.82) is 0 Å². The van der Waals surface area contributed by atoms with Gasteiger partial charge in [0, 0.05) is 32.5 Å². The summed E-state index contributed by atoms with van der Waals surface area (Å²) < 4.78 is 67.5. The molecule has 8 heterocycles. The van der Waals surface area contributed by atoms with Crippen molar-refractivity contribution in [2.75, 3.05) is 105 Å². The zero-order valence-electron chi connectivity index (χ0n) is 58.3. The first-order valence-corrected chi connectivity index (χ1v) is 35.6. The van der Waals surface area contributed by atoms with Crippen LogP contribution in [0, 0.1) is 11.8 Å². The van der Waals surface area contributed by atoms with Crippen LogP contribution in [-0.2, 0) is 71.2 Å². The lowest BCUT2D eigenvalue weighted by atomic mass is 9.93. The number of carbonyl (C=O) groups is 3. The lowest BCUT2D eigenvalue weighted by molar-refractivity contribution is -0.366. The highest BCUT2D eigenvalue weighted by Gasteiger charge is 2.55. The third kappa shape index (κ3) is 23.9. The van der Waals surface area contributed by atoms with Crippen LogP contribution in [-0.4, -0.2) is 425 Å². The number of ether oxygens (including phenoxy) is 12. The highest BCUT2D eigenvalue weighted by Crippen LogP contribution is 2.35. The minimum atomic E-state index is -1.87. The Morgan fingerprint density at radius 3 is 1.12 bits per heavy atom. The highest BCUT2D eigenvalue weighted by atomic mass is 16.8. The molecule has 41 nitrogen and oxygen atoms in total. The monoisotopic (exact) mass is 1510 g/mol. The Balaban J connectivity index is 0.000000294. The molecule has 8 saturated heterocycles. The summed E-state index contributed by atoms with van der Waals surface area (Å²) in [5.74, 6) is 0.109. The van der Waals surface area contributed by atoms with Gasteiger partial charge >= 0.3 is 0 Å². The third-order valence-electron chi connectivity index (χ3n) is 20.0. The van der Waals surface area contributed by atoms with Gasteiger partial charge in [-0.05, 0) is 96.9 Å². The number of likely N-dealkylation sites (tertiary alicyclic amines) is 2. The van der Waals surface area contributed by atoms with Gasteiger partial charge < -0.3 is 180 Å². The van der Waals surface area contributed by atoms with Gasteiger partial charge in [-0.15, -0.1) is 0 Å². The van der Waals surface area contributed by atoms with E-state index < -0.39 is 230 Å². The van der Waals surface area contributed by atoms with Gasteiger partial charge in [-0.25, -0.2) is 5.43 Å². The maximum Gasteiger partial charge on any atom is 0.234 e. The fraction of sp³-hybridized carbons (Fsp3) is 0.952. The molecule has 2 amide bonds. The van der Waals surface area contributed by atoms with Crippen molar-refractivity contribution in [3.05, 3.63) is 0 Å². The first-order valence-electron chi connectivity index (χ1n) is 35.6. The van der Waals surface area contributed by atoms with Gasteiger partial charge in [-0.3, -0.25) is 19.8 Å². The largest absolute Gasteiger partial charge is 0.394 e. The van der Waals surface area contributed by atoms with Gasteiger partial charge in [0.15, 0.2) is 37.7 Å². The number of hydrazine groups is 1. The van der Waals surface area contributed by atoms with E-state index in [0.717, 1.165) is 38.8 Å². The molecule has 41 heteroatoms. The summed E-state index contributed by atoms with van der Waals surface area (Å²) in [6, 6.07) is -0.484. The SMILES string of the molecule is CC(=O)[C@H](CCCCN)NNC(=O)CC1CCN(CCO[C@@H]2O[C@H](CO[C@H]3O[C@H](CO)[C@@H](O)[C@H](O)[C@@H]3O)[C@@H](O)[C@H](O[C@H]3O[C@H](CO)[C@@H](O)[C@H](O)[C@@H]3O)[C@@H]2O)CC1.CCNC(=O)CC1CCN(CCO[C@@H]2O[C@H](CO[C@H]3O[C@H](CO)[C@@H](O)[C@H](O)[C@@H]3O)[C@@H](O)[C@H](O[C@H]3O[C@H](CO)[C@@H](O)[C@H](O)[C@@H]3O)[C@@H]2O)CC1. The summed E-state index contributed by atoms with van der Waals surface area (Å²) >= 11 is 0. The van der Waals surface area contributed by atoms with E-state index in [1.165, 1.54) is 6.92 Å². The number of piperidine rings is 2. The summed E-state index contributed by atoms with van der Waals surface area (Å²) in [6.07, 6.45) is -42.7. The maximum atomic E-state index is 12.6. The van der Waals surface area contributed by atoms with Crippen LogP contribution in [0.3, 0.4) is 0 Å². The van der Waals surface area contributed by atoms with E-state index in [1.54, 1.807) is 0 Å². The minimum absolute atomic E-state index is 0.0105. The van der Waals surface area contributed by atoms with Crippen LogP contribution in [0.2, 0.25) is 0 Å². The van der Waals surface area contributed by atoms with E-state index in [0.29, 0.717) is 65.0 Å². The van der Waals surface area contributed by atoms with Gasteiger partial charge in [0.1, 0.15) is 152 Å². The molecule has 606 valence electrons. The van der Waals surface area contributed by atoms with Gasteiger partial charge in [0.2, 0.25) is 11.8 Å². The molecule has 0 radical (unpaired) electrons. The maximum absolute atomic E-state index is 12.6. The Hall–Kier alpha value is -2.83. The van der Waals surface area contributed by atoms with Gasteiger partial charge in [-0.1, -0.05) is 6.42 Å². The van der Waals surface area contributed by atoms with Gasteiger partial charge in [0.25, 0.3) is 0 Å². The van der Waals surface area contributed by atoms with Crippen LogP contribution in [0.1, 0.15) is 71.6 Å². The summed E-state index contributed by atoms with van der Waals surface area (Å²) in [5.41, 5.74) is 11.0. The van der Waals surface area contributed by atoms with Crippen molar-refractivity contribution in [2.24, 2.45) is 17.6 Å². The topological polar surface area (TPSA) is 635 Å². The Labute approximate surface area is 600 Å². The second kappa shape index (κ2) is 43.1. The molecule has 104 heavy (non-hydrogen) atoms. The van der Waals surface area contributed by atoms with Crippen LogP contribution in [0.15, 0.2) is 0 Å². The zero-order chi connectivity index (χ0) is 76.2. The van der Waals surface area contributed by atoms with Gasteiger partial charge in [0.05, 0.1) is 58.9 Å². The number of rotatable bonds is 34. The molecule has 0 saturated carbocycles. The molecule has 0 unspecified atom stereocenters. The van der Waals surface area contributed by atoms with Crippen molar-refractivity contribution in [2.45, 2.75) is 262 Å². The van der Waals surface area contributed by atoms with E-state index in [-0.39, 0.29) is 49.1 Å². The quantitative estimate of drug-likeness (QED) is 0.0210. The molecule has 8 aliphatic rings. The van der Waals surface area contributed by atoms with Crippen LogP contribution in [0.4, 0.5) is 0 Å².